The van der Waals surface area contributed by atoms with Crippen molar-refractivity contribution in [3.63, 3.8) is 0 Å². The van der Waals surface area contributed by atoms with Crippen LogP contribution in [-0.4, -0.2) is 30.3 Å². The van der Waals surface area contributed by atoms with Gasteiger partial charge >= 0.3 is 144 Å². The van der Waals surface area contributed by atoms with Crippen molar-refractivity contribution in [2.75, 3.05) is 0 Å². The molecule has 0 amide bonds. The number of benzene rings is 1. The second-order valence-electron chi connectivity index (χ2n) is 4.62. The molecule has 110 valence electrons. The first-order valence-electron chi connectivity index (χ1n) is 6.58. The molecular formula is C15H11AsCl2N4. The monoisotopic (exact) mass is 392 g/mol. The minimum absolute atomic E-state index is 0.421. The van der Waals surface area contributed by atoms with Gasteiger partial charge < -0.3 is 0 Å². The van der Waals surface area contributed by atoms with Crippen LogP contribution in [0.4, 0.5) is 0 Å². The topological polar surface area (TPSA) is 54.5 Å². The zero-order chi connectivity index (χ0) is 15.5. The molecule has 22 heavy (non-hydrogen) atoms. The molecule has 0 aliphatic rings. The second-order valence-corrected chi connectivity index (χ2v) is 8.28. The molecule has 0 bridgehead atoms. The number of nitrogens with zero attached hydrogens (tertiary/aromatic N) is 4. The molecule has 3 aromatic rings. The Bertz CT molecular complexity index is 870. The van der Waals surface area contributed by atoms with E-state index in [0.717, 1.165) is 27.1 Å². The number of aromatic nitrogens is 3. The van der Waals surface area contributed by atoms with Gasteiger partial charge in [-0.25, -0.2) is 0 Å². The van der Waals surface area contributed by atoms with Crippen LogP contribution in [0.5, 0.6) is 0 Å². The zero-order valence-electron chi connectivity index (χ0n) is 11.4. The van der Waals surface area contributed by atoms with E-state index in [9.17, 15) is 5.26 Å². The number of rotatable bonds is 4. The van der Waals surface area contributed by atoms with Crippen molar-refractivity contribution in [1.29, 1.82) is 5.26 Å². The molecule has 0 saturated carbocycles. The molecule has 1 atom stereocenters. The minimum atomic E-state index is -0.421. The van der Waals surface area contributed by atoms with Crippen molar-refractivity contribution < 1.29 is 0 Å². The van der Waals surface area contributed by atoms with Crippen LogP contribution < -0.4 is 4.48 Å². The quantitative estimate of drug-likeness (QED) is 0.506. The molecule has 3 rings (SSSR count). The van der Waals surface area contributed by atoms with Gasteiger partial charge in [0.2, 0.25) is 0 Å². The molecule has 1 aromatic carbocycles. The molecule has 0 saturated heterocycles. The van der Waals surface area contributed by atoms with Crippen molar-refractivity contribution in [1.82, 2.24) is 14.5 Å². The van der Waals surface area contributed by atoms with Crippen LogP contribution in [0.1, 0.15) is 5.69 Å². The third-order valence-electron chi connectivity index (χ3n) is 3.28. The number of hydrogen-bond acceptors (Lipinski definition) is 3. The van der Waals surface area contributed by atoms with E-state index in [1.807, 2.05) is 34.9 Å². The summed E-state index contributed by atoms with van der Waals surface area (Å²) in [6.07, 6.45) is 1.49. The van der Waals surface area contributed by atoms with Gasteiger partial charge in [0, 0.05) is 0 Å². The maximum atomic E-state index is 9.32. The Kier molecular flexibility index (Phi) is 4.68. The summed E-state index contributed by atoms with van der Waals surface area (Å²) >= 11 is 11.7. The van der Waals surface area contributed by atoms with E-state index in [4.69, 9.17) is 23.2 Å². The number of nitriles is 1. The van der Waals surface area contributed by atoms with Crippen molar-refractivity contribution >= 4 is 54.3 Å². The van der Waals surface area contributed by atoms with Crippen LogP contribution in [0.2, 0.25) is 15.4 Å². The Morgan fingerprint density at radius 2 is 2.09 bits per heavy atom. The van der Waals surface area contributed by atoms with E-state index in [0.29, 0.717) is 15.9 Å². The van der Waals surface area contributed by atoms with Crippen molar-refractivity contribution in [3.05, 3.63) is 52.5 Å². The molecule has 0 fully saturated rings. The van der Waals surface area contributed by atoms with Gasteiger partial charge in [0.25, 0.3) is 0 Å². The van der Waals surface area contributed by atoms with Crippen LogP contribution in [0.15, 0.2) is 36.7 Å². The van der Waals surface area contributed by atoms with Crippen LogP contribution in [0.3, 0.4) is 0 Å². The molecule has 2 aromatic heterocycles. The molecular weight excluding hydrogens is 382 g/mol. The van der Waals surface area contributed by atoms with E-state index in [1.165, 1.54) is 6.33 Å². The normalized spacial score (nSPS) is 11.3. The molecule has 0 N–H and O–H groups in total. The summed E-state index contributed by atoms with van der Waals surface area (Å²) in [4.78, 5) is 8.13. The number of hydrogen-bond donors (Lipinski definition) is 0. The zero-order valence-corrected chi connectivity index (χ0v) is 15.0. The van der Waals surface area contributed by atoms with E-state index in [-0.39, 0.29) is 0 Å². The molecule has 1 unspecified atom stereocenters. The Labute approximate surface area is 144 Å². The second kappa shape index (κ2) is 6.71. The summed E-state index contributed by atoms with van der Waals surface area (Å²) in [6, 6.07) is 11.6. The van der Waals surface area contributed by atoms with E-state index in [2.05, 4.69) is 16.0 Å². The van der Waals surface area contributed by atoms with E-state index in [1.54, 1.807) is 0 Å². The predicted octanol–water partition coefficient (Wildman–Crippen LogP) is 2.79. The molecule has 7 heteroatoms. The molecule has 0 spiro atoms. The SMILES string of the molecule is N#Cc1cc2c(Cl)cccc2n1CC[AsH]c1cc(Cl)ncn1. The Morgan fingerprint density at radius 3 is 2.86 bits per heavy atom. The summed E-state index contributed by atoms with van der Waals surface area (Å²) in [5, 5.41) is 12.4. The number of aryl methyl sites for hydroxylation is 1. The fourth-order valence-corrected chi connectivity index (χ4v) is 4.93. The fourth-order valence-electron chi connectivity index (χ4n) is 2.31. The van der Waals surface area contributed by atoms with Gasteiger partial charge in [0.15, 0.2) is 0 Å². The van der Waals surface area contributed by atoms with Gasteiger partial charge in [0.05, 0.1) is 0 Å². The third kappa shape index (κ3) is 3.12. The van der Waals surface area contributed by atoms with Crippen LogP contribution in [0.25, 0.3) is 10.9 Å². The number of halogens is 2. The summed E-state index contributed by atoms with van der Waals surface area (Å²) in [5.41, 5.74) is 1.63. The Hall–Kier alpha value is -1.53. The standard InChI is InChI=1S/C15H11AsCl2N4/c17-12-2-1-3-13-11(12)6-10(8-19)22(13)5-4-16-14-7-15(18)21-9-20-14/h1-3,6-7,9,16H,4-5H2. The summed E-state index contributed by atoms with van der Waals surface area (Å²) < 4.78 is 3.04. The van der Waals surface area contributed by atoms with Gasteiger partial charge in [-0.15, -0.1) is 0 Å². The Morgan fingerprint density at radius 1 is 1.23 bits per heavy atom. The molecule has 0 aliphatic heterocycles. The third-order valence-corrected chi connectivity index (χ3v) is 6.15. The molecule has 4 nitrogen and oxygen atoms in total. The molecule has 0 radical (unpaired) electrons. The van der Waals surface area contributed by atoms with Gasteiger partial charge in [-0.2, -0.15) is 0 Å². The van der Waals surface area contributed by atoms with Crippen LogP contribution in [-0.2, 0) is 6.54 Å². The van der Waals surface area contributed by atoms with Crippen molar-refractivity contribution in [2.24, 2.45) is 0 Å². The summed E-state index contributed by atoms with van der Waals surface area (Å²) in [6.45, 7) is 0.772. The van der Waals surface area contributed by atoms with Gasteiger partial charge in [0.1, 0.15) is 0 Å². The van der Waals surface area contributed by atoms with E-state index < -0.39 is 15.8 Å². The molecule has 2 heterocycles. The first kappa shape index (κ1) is 15.4. The predicted molar refractivity (Wildman–Crippen MR) is 90.3 cm³/mol. The first-order valence-corrected chi connectivity index (χ1v) is 9.87. The van der Waals surface area contributed by atoms with Gasteiger partial charge in [-0.05, 0) is 0 Å². The summed E-state index contributed by atoms with van der Waals surface area (Å²) in [7, 11) is 0. The van der Waals surface area contributed by atoms with Crippen molar-refractivity contribution in [2.45, 2.75) is 11.8 Å². The average Bonchev–Trinajstić information content (AvgIpc) is 2.87. The fraction of sp³-hybridized carbons (Fsp3) is 0.133. The van der Waals surface area contributed by atoms with Gasteiger partial charge in [-0.1, -0.05) is 0 Å². The van der Waals surface area contributed by atoms with Crippen molar-refractivity contribution in [3.8, 4) is 6.07 Å². The van der Waals surface area contributed by atoms with Crippen LogP contribution >= 0.6 is 23.2 Å². The average molecular weight is 393 g/mol. The van der Waals surface area contributed by atoms with Crippen LogP contribution in [0, 0.1) is 11.3 Å². The maximum absolute atomic E-state index is 9.32. The molecule has 0 aliphatic carbocycles. The summed E-state index contributed by atoms with van der Waals surface area (Å²) in [5.74, 6) is 0. The first-order chi connectivity index (χ1) is 10.7. The van der Waals surface area contributed by atoms with E-state index >= 15 is 0 Å². The van der Waals surface area contributed by atoms with Gasteiger partial charge in [-0.3, -0.25) is 0 Å². The number of fused-ring (bicyclic) bond motifs is 1. The Balaban J connectivity index is 1.82.